The summed E-state index contributed by atoms with van der Waals surface area (Å²) in [6.45, 7) is 3.36. The van der Waals surface area contributed by atoms with Crippen molar-refractivity contribution in [2.45, 2.75) is 30.8 Å². The smallest absolute Gasteiger partial charge is 0.417 e. The predicted molar refractivity (Wildman–Crippen MR) is 64.3 cm³/mol. The number of hydrogen-bond acceptors (Lipinski definition) is 2. The molecule has 1 N–H and O–H groups in total. The maximum absolute atomic E-state index is 12.9. The lowest BCUT2D eigenvalue weighted by molar-refractivity contribution is -0.139. The molecule has 6 heteroatoms. The van der Waals surface area contributed by atoms with Gasteiger partial charge < -0.3 is 5.11 Å². The molecule has 0 aliphatic heterocycles. The molecular formula is C12H13F3O2S. The van der Waals surface area contributed by atoms with E-state index in [-0.39, 0.29) is 21.9 Å². The van der Waals surface area contributed by atoms with E-state index < -0.39 is 17.7 Å². The first-order chi connectivity index (χ1) is 8.20. The van der Waals surface area contributed by atoms with Crippen molar-refractivity contribution in [3.63, 3.8) is 0 Å². The highest BCUT2D eigenvalue weighted by Crippen LogP contribution is 2.41. The second-order valence-corrected chi connectivity index (χ2v) is 4.88. The molecule has 0 aromatic heterocycles. The van der Waals surface area contributed by atoms with Gasteiger partial charge in [-0.25, -0.2) is 4.79 Å². The highest BCUT2D eigenvalue weighted by atomic mass is 32.2. The third kappa shape index (κ3) is 2.80. The van der Waals surface area contributed by atoms with Gasteiger partial charge in [-0.15, -0.1) is 11.8 Å². The monoisotopic (exact) mass is 278 g/mol. The van der Waals surface area contributed by atoms with E-state index in [2.05, 4.69) is 0 Å². The van der Waals surface area contributed by atoms with Gasteiger partial charge in [-0.05, 0) is 29.9 Å². The quantitative estimate of drug-likeness (QED) is 0.840. The maximum Gasteiger partial charge on any atom is 0.417 e. The molecule has 2 nitrogen and oxygen atoms in total. The van der Waals surface area contributed by atoms with Crippen molar-refractivity contribution in [2.75, 3.05) is 6.26 Å². The third-order valence-corrected chi connectivity index (χ3v) is 3.36. The van der Waals surface area contributed by atoms with Gasteiger partial charge in [0.05, 0.1) is 11.1 Å². The average Bonchev–Trinajstić information content (AvgIpc) is 2.25. The van der Waals surface area contributed by atoms with Gasteiger partial charge in [0.15, 0.2) is 0 Å². The summed E-state index contributed by atoms with van der Waals surface area (Å²) >= 11 is 0.925. The van der Waals surface area contributed by atoms with E-state index in [1.807, 2.05) is 0 Å². The number of carboxylic acids is 1. The normalized spacial score (nSPS) is 11.9. The Morgan fingerprint density at radius 2 is 1.89 bits per heavy atom. The third-order valence-electron chi connectivity index (χ3n) is 2.51. The van der Waals surface area contributed by atoms with E-state index in [9.17, 15) is 18.0 Å². The van der Waals surface area contributed by atoms with Gasteiger partial charge in [-0.3, -0.25) is 0 Å². The van der Waals surface area contributed by atoms with Gasteiger partial charge in [0.1, 0.15) is 0 Å². The second kappa shape index (κ2) is 5.22. The zero-order chi connectivity index (χ0) is 14.1. The lowest BCUT2D eigenvalue weighted by Gasteiger charge is -2.19. The summed E-state index contributed by atoms with van der Waals surface area (Å²) in [6.07, 6.45) is -2.96. The Morgan fingerprint density at radius 1 is 1.33 bits per heavy atom. The Labute approximate surface area is 107 Å². The Bertz CT molecular complexity index is 467. The molecule has 0 radical (unpaired) electrons. The van der Waals surface area contributed by atoms with E-state index in [4.69, 9.17) is 5.11 Å². The van der Waals surface area contributed by atoms with Crippen LogP contribution >= 0.6 is 11.8 Å². The first-order valence-corrected chi connectivity index (χ1v) is 6.44. The molecule has 0 unspecified atom stereocenters. The maximum atomic E-state index is 12.9. The zero-order valence-corrected chi connectivity index (χ0v) is 10.9. The first kappa shape index (κ1) is 14.9. The fourth-order valence-corrected chi connectivity index (χ4v) is 2.77. The summed E-state index contributed by atoms with van der Waals surface area (Å²) in [5.74, 6) is -1.50. The van der Waals surface area contributed by atoms with Gasteiger partial charge in [0, 0.05) is 4.90 Å². The topological polar surface area (TPSA) is 37.3 Å². The standard InChI is InChI=1S/C12H13F3O2S/c1-6(2)9-7(11(16)17)4-5-8(10(9)18-3)12(13,14)15/h4-6H,1-3H3,(H,16,17). The SMILES string of the molecule is CSc1c(C(F)(F)F)ccc(C(=O)O)c1C(C)C. The molecule has 0 atom stereocenters. The summed E-state index contributed by atoms with van der Waals surface area (Å²) in [4.78, 5) is 11.1. The summed E-state index contributed by atoms with van der Waals surface area (Å²) in [6, 6.07) is 1.86. The molecule has 0 aliphatic rings. The van der Waals surface area contributed by atoms with Gasteiger partial charge in [0.25, 0.3) is 0 Å². The Balaban J connectivity index is 3.64. The van der Waals surface area contributed by atoms with Gasteiger partial charge in [-0.2, -0.15) is 13.2 Å². The molecule has 0 bridgehead atoms. The second-order valence-electron chi connectivity index (χ2n) is 4.07. The van der Waals surface area contributed by atoms with Crippen LogP contribution in [0.15, 0.2) is 17.0 Å². The minimum Gasteiger partial charge on any atom is -0.478 e. The molecular weight excluding hydrogens is 265 g/mol. The highest BCUT2D eigenvalue weighted by Gasteiger charge is 2.35. The number of halogens is 3. The summed E-state index contributed by atoms with van der Waals surface area (Å²) < 4.78 is 38.6. The number of carboxylic acid groups (broad SMARTS) is 1. The molecule has 1 aromatic carbocycles. The molecule has 0 spiro atoms. The average molecular weight is 278 g/mol. The van der Waals surface area contributed by atoms with Crippen molar-refractivity contribution in [3.8, 4) is 0 Å². The van der Waals surface area contributed by atoms with E-state index in [0.717, 1.165) is 23.9 Å². The van der Waals surface area contributed by atoms with E-state index in [0.29, 0.717) is 0 Å². The van der Waals surface area contributed by atoms with Crippen LogP contribution in [0.2, 0.25) is 0 Å². The number of hydrogen-bond donors (Lipinski definition) is 1. The number of rotatable bonds is 3. The number of carbonyl (C=O) groups is 1. The van der Waals surface area contributed by atoms with Gasteiger partial charge in [-0.1, -0.05) is 13.8 Å². The molecule has 1 aromatic rings. The molecule has 18 heavy (non-hydrogen) atoms. The van der Waals surface area contributed by atoms with Crippen LogP contribution in [-0.2, 0) is 6.18 Å². The molecule has 0 aliphatic carbocycles. The van der Waals surface area contributed by atoms with Crippen LogP contribution in [0.1, 0.15) is 41.3 Å². The van der Waals surface area contributed by atoms with Crippen LogP contribution in [0.4, 0.5) is 13.2 Å². The number of thioether (sulfide) groups is 1. The number of alkyl halides is 3. The van der Waals surface area contributed by atoms with Crippen LogP contribution in [0.5, 0.6) is 0 Å². The van der Waals surface area contributed by atoms with Crippen LogP contribution in [0.3, 0.4) is 0 Å². The van der Waals surface area contributed by atoms with E-state index in [1.165, 1.54) is 6.26 Å². The Morgan fingerprint density at radius 3 is 2.22 bits per heavy atom. The predicted octanol–water partition coefficient (Wildman–Crippen LogP) is 4.25. The lowest BCUT2D eigenvalue weighted by Crippen LogP contribution is -2.13. The molecule has 100 valence electrons. The van der Waals surface area contributed by atoms with E-state index in [1.54, 1.807) is 13.8 Å². The molecule has 0 heterocycles. The van der Waals surface area contributed by atoms with Crippen molar-refractivity contribution in [2.24, 2.45) is 0 Å². The minimum atomic E-state index is -4.47. The number of aromatic carboxylic acids is 1. The van der Waals surface area contributed by atoms with Crippen molar-refractivity contribution in [3.05, 3.63) is 28.8 Å². The van der Waals surface area contributed by atoms with Crippen LogP contribution in [0, 0.1) is 0 Å². The Hall–Kier alpha value is -1.17. The van der Waals surface area contributed by atoms with Gasteiger partial charge >= 0.3 is 12.1 Å². The molecule has 1 rings (SSSR count). The summed E-state index contributed by atoms with van der Waals surface area (Å²) in [5.41, 5.74) is -0.601. The van der Waals surface area contributed by atoms with Crippen LogP contribution in [-0.4, -0.2) is 17.3 Å². The lowest BCUT2D eigenvalue weighted by atomic mass is 9.94. The van der Waals surface area contributed by atoms with E-state index >= 15 is 0 Å². The van der Waals surface area contributed by atoms with Crippen molar-refractivity contribution < 1.29 is 23.1 Å². The molecule has 0 saturated carbocycles. The van der Waals surface area contributed by atoms with Gasteiger partial charge in [0.2, 0.25) is 0 Å². The molecule has 0 amide bonds. The largest absolute Gasteiger partial charge is 0.478 e. The Kier molecular flexibility index (Phi) is 4.32. The zero-order valence-electron chi connectivity index (χ0n) is 10.1. The molecule has 0 fully saturated rings. The minimum absolute atomic E-state index is 0.00241. The van der Waals surface area contributed by atoms with Crippen molar-refractivity contribution in [1.82, 2.24) is 0 Å². The fraction of sp³-hybridized carbons (Fsp3) is 0.417. The van der Waals surface area contributed by atoms with Crippen LogP contribution < -0.4 is 0 Å². The van der Waals surface area contributed by atoms with Crippen LogP contribution in [0.25, 0.3) is 0 Å². The fourth-order valence-electron chi connectivity index (χ4n) is 1.80. The molecule has 0 saturated heterocycles. The first-order valence-electron chi connectivity index (χ1n) is 5.21. The van der Waals surface area contributed by atoms with Crippen molar-refractivity contribution >= 4 is 17.7 Å². The number of benzene rings is 1. The van der Waals surface area contributed by atoms with Crippen molar-refractivity contribution in [1.29, 1.82) is 0 Å². The summed E-state index contributed by atoms with van der Waals surface area (Å²) in [5, 5.41) is 9.04. The summed E-state index contributed by atoms with van der Waals surface area (Å²) in [7, 11) is 0. The highest BCUT2D eigenvalue weighted by molar-refractivity contribution is 7.98.